The van der Waals surface area contributed by atoms with Gasteiger partial charge >= 0.3 is 0 Å². The zero-order chi connectivity index (χ0) is 13.2. The highest BCUT2D eigenvalue weighted by molar-refractivity contribution is 7.81. The van der Waals surface area contributed by atoms with E-state index in [2.05, 4.69) is 0 Å². The molecule has 0 saturated carbocycles. The maximum Gasteiger partial charge on any atom is 0.146 e. The molecule has 0 aromatic heterocycles. The maximum absolute atomic E-state index is 5.77. The number of hydrogen-bond acceptors (Lipinski definition) is 3. The number of benzene rings is 2. The number of hydrogen-bond donors (Lipinski definition) is 0. The van der Waals surface area contributed by atoms with Crippen molar-refractivity contribution in [1.82, 2.24) is 0 Å². The molecule has 3 heteroatoms. The van der Waals surface area contributed by atoms with Crippen LogP contribution in [0.4, 0.5) is 0 Å². The van der Waals surface area contributed by atoms with Gasteiger partial charge in [-0.1, -0.05) is 36.5 Å². The van der Waals surface area contributed by atoms with Crippen LogP contribution >= 0.6 is 12.2 Å². The number of methoxy groups -OCH3 is 1. The van der Waals surface area contributed by atoms with Crippen molar-refractivity contribution in [3.05, 3.63) is 65.4 Å². The predicted octanol–water partition coefficient (Wildman–Crippen LogP) is 3.85. The van der Waals surface area contributed by atoms with Gasteiger partial charge < -0.3 is 9.47 Å². The van der Waals surface area contributed by atoms with Gasteiger partial charge in [0, 0.05) is 5.56 Å². The van der Waals surface area contributed by atoms with E-state index in [-0.39, 0.29) is 0 Å². The van der Waals surface area contributed by atoms with E-state index in [0.717, 1.165) is 33.2 Å². The van der Waals surface area contributed by atoms with E-state index in [1.54, 1.807) is 7.11 Å². The van der Waals surface area contributed by atoms with Crippen LogP contribution in [0.3, 0.4) is 0 Å². The molecule has 0 unspecified atom stereocenters. The second-order valence-corrected chi connectivity index (χ2v) is 4.62. The minimum absolute atomic E-state index is 0.723. The molecule has 3 rings (SSSR count). The molecular weight excluding hydrogens is 256 g/mol. The molecule has 0 atom stereocenters. The summed E-state index contributed by atoms with van der Waals surface area (Å²) in [5.41, 5.74) is 2.02. The largest absolute Gasteiger partial charge is 0.497 e. The van der Waals surface area contributed by atoms with Crippen LogP contribution in [0.25, 0.3) is 6.08 Å². The van der Waals surface area contributed by atoms with Gasteiger partial charge in [-0.3, -0.25) is 0 Å². The summed E-state index contributed by atoms with van der Waals surface area (Å²) in [6, 6.07) is 15.6. The number of thiocarbonyl (C=S) groups is 1. The highest BCUT2D eigenvalue weighted by atomic mass is 32.1. The van der Waals surface area contributed by atoms with Crippen molar-refractivity contribution < 1.29 is 9.47 Å². The summed E-state index contributed by atoms with van der Waals surface area (Å²) in [6.07, 6.45) is 1.95. The molecule has 19 heavy (non-hydrogen) atoms. The van der Waals surface area contributed by atoms with Crippen molar-refractivity contribution in [1.29, 1.82) is 0 Å². The average Bonchev–Trinajstić information content (AvgIpc) is 2.77. The molecule has 0 spiro atoms. The fourth-order valence-corrected chi connectivity index (χ4v) is 2.26. The number of allylic oxidation sites excluding steroid dienone is 1. The van der Waals surface area contributed by atoms with Crippen LogP contribution in [-0.2, 0) is 0 Å². The Hall–Kier alpha value is -2.13. The number of ether oxygens (including phenoxy) is 2. The van der Waals surface area contributed by atoms with E-state index >= 15 is 0 Å². The molecule has 1 aliphatic rings. The van der Waals surface area contributed by atoms with Crippen LogP contribution in [0.2, 0.25) is 0 Å². The monoisotopic (exact) mass is 268 g/mol. The van der Waals surface area contributed by atoms with E-state index in [0.29, 0.717) is 0 Å². The highest BCUT2D eigenvalue weighted by Crippen LogP contribution is 2.32. The molecule has 1 aliphatic heterocycles. The van der Waals surface area contributed by atoms with Gasteiger partial charge in [0.05, 0.1) is 12.0 Å². The van der Waals surface area contributed by atoms with Gasteiger partial charge in [-0.2, -0.15) is 0 Å². The standard InChI is InChI=1S/C16H12O2S/c1-17-12-8-6-11(7-9-12)10-15-16(19)13-4-2-3-5-14(13)18-15/h2-10H,1H3/b15-10-. The SMILES string of the molecule is COc1ccc(/C=C2\Oc3ccccc3C2=S)cc1. The summed E-state index contributed by atoms with van der Waals surface area (Å²) < 4.78 is 10.9. The molecular formula is C16H12O2S. The second-order valence-electron chi connectivity index (χ2n) is 4.21. The quantitative estimate of drug-likeness (QED) is 0.609. The topological polar surface area (TPSA) is 18.5 Å². The third-order valence-electron chi connectivity index (χ3n) is 2.99. The summed E-state index contributed by atoms with van der Waals surface area (Å²) in [4.78, 5) is 0.756. The van der Waals surface area contributed by atoms with Crippen LogP contribution in [0.1, 0.15) is 11.1 Å². The summed E-state index contributed by atoms with van der Waals surface area (Å²) in [5, 5.41) is 0. The molecule has 1 heterocycles. The van der Waals surface area contributed by atoms with Gasteiger partial charge in [0.1, 0.15) is 17.3 Å². The first-order chi connectivity index (χ1) is 9.28. The van der Waals surface area contributed by atoms with Gasteiger partial charge in [-0.25, -0.2) is 0 Å². The van der Waals surface area contributed by atoms with Crippen LogP contribution in [0.5, 0.6) is 11.5 Å². The Labute approximate surface area is 117 Å². The highest BCUT2D eigenvalue weighted by Gasteiger charge is 2.22. The van der Waals surface area contributed by atoms with Gasteiger partial charge in [0.25, 0.3) is 0 Å². The summed E-state index contributed by atoms with van der Waals surface area (Å²) >= 11 is 5.43. The Morgan fingerprint density at radius 2 is 1.79 bits per heavy atom. The van der Waals surface area contributed by atoms with Gasteiger partial charge in [-0.05, 0) is 35.9 Å². The normalized spacial score (nSPS) is 15.2. The van der Waals surface area contributed by atoms with E-state index in [1.807, 2.05) is 54.6 Å². The summed E-state index contributed by atoms with van der Waals surface area (Å²) in [5.74, 6) is 2.38. The van der Waals surface area contributed by atoms with Gasteiger partial charge in [0.2, 0.25) is 0 Å². The van der Waals surface area contributed by atoms with E-state index in [9.17, 15) is 0 Å². The lowest BCUT2D eigenvalue weighted by Gasteiger charge is -2.01. The molecule has 94 valence electrons. The second kappa shape index (κ2) is 4.86. The first-order valence-corrected chi connectivity index (χ1v) is 6.36. The van der Waals surface area contributed by atoms with Crippen molar-refractivity contribution in [3.8, 4) is 11.5 Å². The van der Waals surface area contributed by atoms with Crippen LogP contribution in [0.15, 0.2) is 54.3 Å². The van der Waals surface area contributed by atoms with E-state index < -0.39 is 0 Å². The van der Waals surface area contributed by atoms with Crippen molar-refractivity contribution in [3.63, 3.8) is 0 Å². The van der Waals surface area contributed by atoms with Crippen LogP contribution < -0.4 is 9.47 Å². The molecule has 0 aliphatic carbocycles. The Morgan fingerprint density at radius 1 is 1.05 bits per heavy atom. The Balaban J connectivity index is 1.92. The zero-order valence-electron chi connectivity index (χ0n) is 10.4. The van der Waals surface area contributed by atoms with Gasteiger partial charge in [0.15, 0.2) is 0 Å². The molecule has 0 radical (unpaired) electrons. The molecule has 0 fully saturated rings. The van der Waals surface area contributed by atoms with Crippen LogP contribution in [0, 0.1) is 0 Å². The summed E-state index contributed by atoms with van der Waals surface area (Å²) in [7, 11) is 1.65. The van der Waals surface area contributed by atoms with Crippen molar-refractivity contribution in [2.45, 2.75) is 0 Å². The maximum atomic E-state index is 5.77. The first kappa shape index (κ1) is 11.9. The fourth-order valence-electron chi connectivity index (χ4n) is 1.99. The van der Waals surface area contributed by atoms with Crippen molar-refractivity contribution in [2.24, 2.45) is 0 Å². The third-order valence-corrected chi connectivity index (χ3v) is 3.41. The summed E-state index contributed by atoms with van der Waals surface area (Å²) in [6.45, 7) is 0. The predicted molar refractivity (Wildman–Crippen MR) is 79.7 cm³/mol. The Kier molecular flexibility index (Phi) is 3.05. The number of para-hydroxylation sites is 1. The molecule has 0 bridgehead atoms. The molecule has 2 aromatic rings. The van der Waals surface area contributed by atoms with Crippen LogP contribution in [-0.4, -0.2) is 12.0 Å². The molecule has 0 saturated heterocycles. The smallest absolute Gasteiger partial charge is 0.146 e. The van der Waals surface area contributed by atoms with Crippen molar-refractivity contribution in [2.75, 3.05) is 7.11 Å². The lowest BCUT2D eigenvalue weighted by molar-refractivity contribution is 0.415. The van der Waals surface area contributed by atoms with E-state index in [4.69, 9.17) is 21.7 Å². The minimum Gasteiger partial charge on any atom is -0.497 e. The lowest BCUT2D eigenvalue weighted by atomic mass is 10.1. The Bertz CT molecular complexity index is 657. The number of rotatable bonds is 2. The third kappa shape index (κ3) is 2.25. The molecule has 2 aromatic carbocycles. The Morgan fingerprint density at radius 3 is 2.47 bits per heavy atom. The minimum atomic E-state index is 0.723. The fraction of sp³-hybridized carbons (Fsp3) is 0.0625. The molecule has 2 nitrogen and oxygen atoms in total. The van der Waals surface area contributed by atoms with E-state index in [1.165, 1.54) is 0 Å². The molecule has 0 N–H and O–H groups in total. The van der Waals surface area contributed by atoms with Gasteiger partial charge in [-0.15, -0.1) is 0 Å². The lowest BCUT2D eigenvalue weighted by Crippen LogP contribution is -1.96. The zero-order valence-corrected chi connectivity index (χ0v) is 11.2. The van der Waals surface area contributed by atoms with Crippen molar-refractivity contribution >= 4 is 23.2 Å². The number of fused-ring (bicyclic) bond motifs is 1. The first-order valence-electron chi connectivity index (χ1n) is 5.95. The molecule has 0 amide bonds. The average molecular weight is 268 g/mol.